The van der Waals surface area contributed by atoms with Crippen LogP contribution in [0.3, 0.4) is 0 Å². The number of nitrogens with one attached hydrogen (secondary N) is 3. The van der Waals surface area contributed by atoms with Gasteiger partial charge >= 0.3 is 6.09 Å². The van der Waals surface area contributed by atoms with E-state index in [2.05, 4.69) is 15.4 Å². The van der Waals surface area contributed by atoms with Crippen molar-refractivity contribution in [2.45, 2.75) is 124 Å². The molecule has 15 nitrogen and oxygen atoms in total. The smallest absolute Gasteiger partial charge is 0.405 e. The van der Waals surface area contributed by atoms with Crippen LogP contribution >= 0.6 is 0 Å². The Morgan fingerprint density at radius 2 is 1.85 bits per heavy atom. The fourth-order valence-electron chi connectivity index (χ4n) is 8.79. The molecule has 1 aromatic carbocycles. The Hall–Kier alpha value is -4.60. The summed E-state index contributed by atoms with van der Waals surface area (Å²) >= 11 is 0. The maximum Gasteiger partial charge on any atom is 0.405 e. The lowest BCUT2D eigenvalue weighted by Crippen LogP contribution is -2.58. The Morgan fingerprint density at radius 1 is 1.04 bits per heavy atom. The van der Waals surface area contributed by atoms with Gasteiger partial charge in [-0.2, -0.15) is 0 Å². The molecule has 0 bridgehead atoms. The zero-order valence-electron chi connectivity index (χ0n) is 30.1. The van der Waals surface area contributed by atoms with Gasteiger partial charge in [0.25, 0.3) is 5.91 Å². The molecule has 4 fully saturated rings. The molecular formula is C38H45N5O10S. The Morgan fingerprint density at radius 3 is 2.61 bits per heavy atom. The molecule has 4 N–H and O–H groups in total. The van der Waals surface area contributed by atoms with Crippen molar-refractivity contribution in [1.29, 1.82) is 0 Å². The number of aromatic nitrogens is 1. The lowest BCUT2D eigenvalue weighted by atomic mass is 9.86. The Bertz CT molecular complexity index is 2120. The fraction of sp³-hybridized carbons (Fsp3) is 0.605. The van der Waals surface area contributed by atoms with E-state index in [1.165, 1.54) is 4.90 Å². The summed E-state index contributed by atoms with van der Waals surface area (Å²) in [5, 5.41) is 15.9. The van der Waals surface area contributed by atoms with E-state index in [1.54, 1.807) is 6.92 Å². The van der Waals surface area contributed by atoms with Crippen LogP contribution in [0.25, 0.3) is 10.9 Å². The van der Waals surface area contributed by atoms with E-state index in [0.717, 1.165) is 47.8 Å². The van der Waals surface area contributed by atoms with Crippen LogP contribution in [0.5, 0.6) is 17.2 Å². The molecule has 4 amide bonds. The third kappa shape index (κ3) is 5.91. The maximum atomic E-state index is 14.6. The van der Waals surface area contributed by atoms with Crippen molar-refractivity contribution in [2.24, 2.45) is 5.92 Å². The summed E-state index contributed by atoms with van der Waals surface area (Å²) in [6, 6.07) is 1.54. The lowest BCUT2D eigenvalue weighted by molar-refractivity contribution is -0.141. The number of pyridine rings is 1. The van der Waals surface area contributed by atoms with Crippen LogP contribution in [-0.4, -0.2) is 88.5 Å². The van der Waals surface area contributed by atoms with E-state index in [0.29, 0.717) is 55.8 Å². The molecule has 7 aliphatic rings. The van der Waals surface area contributed by atoms with Crippen molar-refractivity contribution in [1.82, 2.24) is 25.2 Å². The van der Waals surface area contributed by atoms with Gasteiger partial charge in [-0.3, -0.25) is 19.1 Å². The molecule has 3 aliphatic carbocycles. The summed E-state index contributed by atoms with van der Waals surface area (Å²) < 4.78 is 46.2. The third-order valence-corrected chi connectivity index (χ3v) is 14.7. The monoisotopic (exact) mass is 763 g/mol. The highest BCUT2D eigenvalue weighted by Gasteiger charge is 2.64. The molecule has 1 saturated heterocycles. The number of carbonyl (C=O) groups excluding carboxylic acids is 3. The second kappa shape index (κ2) is 12.5. The molecule has 288 valence electrons. The quantitative estimate of drug-likeness (QED) is 0.325. The average Bonchev–Trinajstić information content (AvgIpc) is 4.10. The summed E-state index contributed by atoms with van der Waals surface area (Å²) in [5.41, 5.74) is -0.00528. The van der Waals surface area contributed by atoms with Gasteiger partial charge < -0.3 is 34.9 Å². The summed E-state index contributed by atoms with van der Waals surface area (Å²) in [7, 11) is -4.00. The highest BCUT2D eigenvalue weighted by atomic mass is 32.2. The van der Waals surface area contributed by atoms with Crippen LogP contribution < -0.4 is 29.6 Å². The number of sulfonamides is 1. The number of fused-ring (bicyclic) bond motifs is 7. The number of aryl methyl sites for hydroxylation is 1. The SMILES string of the molecule is CC1(S(=O)(=O)NC(=O)[C@@]23C[C@H]2C=CCCCCC[C@H](NC(=O)O)C(=O)N2C[C@@]4(CCc5c(c(C6CC6)nc6ccc7c(c56)OCO7)O4)C[C@H]2C(=O)N3)CC1. The normalized spacial score (nSPS) is 31.3. The number of hydrogen-bond acceptors (Lipinski definition) is 10. The van der Waals surface area contributed by atoms with E-state index < -0.39 is 67.7 Å². The molecule has 54 heavy (non-hydrogen) atoms. The highest BCUT2D eigenvalue weighted by Crippen LogP contribution is 2.54. The standard InChI is InChI=1S/C38H45N5O10S/c1-36(15-16-36)54(49,50)42-34(46)38-17-22(38)7-5-3-2-4-6-8-25(40-35(47)48)33(45)43-19-37(18-26(43)32(44)41-38)14-13-23-28-24(11-12-27-31(28)52-20-51-27)39-29(21-9-10-21)30(23)53-37/h5,7,11-12,21-22,25-26,40H,2-4,6,8-10,13-20H2,1H3,(H,41,44)(H,42,46)(H,47,48)/t22-,25+,26+,37-,38-/m1/s1. The van der Waals surface area contributed by atoms with Crippen molar-refractivity contribution in [3.63, 3.8) is 0 Å². The van der Waals surface area contributed by atoms with Crippen LogP contribution in [0.4, 0.5) is 4.79 Å². The molecular weight excluding hydrogens is 719 g/mol. The second-order valence-electron chi connectivity index (χ2n) is 16.5. The molecule has 9 rings (SSSR count). The minimum Gasteiger partial charge on any atom is -0.483 e. The van der Waals surface area contributed by atoms with Gasteiger partial charge in [-0.25, -0.2) is 18.2 Å². The number of hydrogen-bond donors (Lipinski definition) is 4. The number of amides is 4. The maximum absolute atomic E-state index is 14.6. The van der Waals surface area contributed by atoms with E-state index in [9.17, 15) is 32.7 Å². The Balaban J connectivity index is 1.08. The second-order valence-corrected chi connectivity index (χ2v) is 18.7. The Kier molecular flexibility index (Phi) is 8.11. The van der Waals surface area contributed by atoms with Crippen LogP contribution in [0.2, 0.25) is 0 Å². The number of carboxylic acid groups (broad SMARTS) is 1. The summed E-state index contributed by atoms with van der Waals surface area (Å²) in [5.74, 6) is -0.342. The molecule has 5 atom stereocenters. The summed E-state index contributed by atoms with van der Waals surface area (Å²) in [4.78, 5) is 61.4. The Labute approximate surface area is 312 Å². The third-order valence-electron chi connectivity index (χ3n) is 12.6. The molecule has 1 spiro atoms. The van der Waals surface area contributed by atoms with Crippen molar-refractivity contribution in [3.8, 4) is 17.2 Å². The number of carbonyl (C=O) groups is 4. The molecule has 16 heteroatoms. The van der Waals surface area contributed by atoms with Gasteiger partial charge in [0.15, 0.2) is 11.5 Å². The number of ether oxygens (including phenoxy) is 3. The summed E-state index contributed by atoms with van der Waals surface area (Å²) in [6.07, 6.45) is 9.49. The van der Waals surface area contributed by atoms with Gasteiger partial charge in [0.2, 0.25) is 28.6 Å². The molecule has 1 aromatic heterocycles. The van der Waals surface area contributed by atoms with Crippen LogP contribution in [-0.2, 0) is 30.8 Å². The van der Waals surface area contributed by atoms with Crippen molar-refractivity contribution in [3.05, 3.63) is 35.5 Å². The molecule has 3 saturated carbocycles. The van der Waals surface area contributed by atoms with E-state index in [1.807, 2.05) is 24.3 Å². The van der Waals surface area contributed by atoms with Gasteiger partial charge in [0.05, 0.1) is 27.9 Å². The summed E-state index contributed by atoms with van der Waals surface area (Å²) in [6.45, 7) is 1.69. The topological polar surface area (TPSA) is 203 Å². The fourth-order valence-corrected chi connectivity index (χ4v) is 10.1. The highest BCUT2D eigenvalue weighted by molar-refractivity contribution is 7.91. The number of allylic oxidation sites excluding steroid dienone is 1. The molecule has 5 heterocycles. The molecule has 0 unspecified atom stereocenters. The van der Waals surface area contributed by atoms with Crippen LogP contribution in [0, 0.1) is 5.92 Å². The van der Waals surface area contributed by atoms with Crippen molar-refractivity contribution in [2.75, 3.05) is 13.3 Å². The molecule has 0 radical (unpaired) electrons. The zero-order valence-corrected chi connectivity index (χ0v) is 31.0. The molecule has 2 aromatic rings. The zero-order chi connectivity index (χ0) is 37.6. The first kappa shape index (κ1) is 35.1. The molecule has 4 aliphatic heterocycles. The predicted molar refractivity (Wildman–Crippen MR) is 192 cm³/mol. The first-order chi connectivity index (χ1) is 25.8. The number of rotatable bonds is 5. The van der Waals surface area contributed by atoms with E-state index in [-0.39, 0.29) is 38.5 Å². The van der Waals surface area contributed by atoms with Crippen molar-refractivity contribution >= 4 is 44.7 Å². The van der Waals surface area contributed by atoms with E-state index >= 15 is 0 Å². The first-order valence-corrected chi connectivity index (χ1v) is 20.6. The van der Waals surface area contributed by atoms with Crippen LogP contribution in [0.15, 0.2) is 24.3 Å². The van der Waals surface area contributed by atoms with Gasteiger partial charge in [-0.05, 0) is 83.3 Å². The van der Waals surface area contributed by atoms with Crippen molar-refractivity contribution < 1.29 is 46.9 Å². The van der Waals surface area contributed by atoms with Gasteiger partial charge in [-0.15, -0.1) is 0 Å². The lowest BCUT2D eigenvalue weighted by Gasteiger charge is -2.37. The van der Waals surface area contributed by atoms with Gasteiger partial charge in [0, 0.05) is 23.8 Å². The van der Waals surface area contributed by atoms with Gasteiger partial charge in [0.1, 0.15) is 29.0 Å². The number of benzene rings is 1. The largest absolute Gasteiger partial charge is 0.483 e. The predicted octanol–water partition coefficient (Wildman–Crippen LogP) is 3.54. The average molecular weight is 764 g/mol. The van der Waals surface area contributed by atoms with Crippen LogP contribution in [0.1, 0.15) is 101 Å². The first-order valence-electron chi connectivity index (χ1n) is 19.1. The van der Waals surface area contributed by atoms with E-state index in [4.69, 9.17) is 19.2 Å². The number of nitrogens with zero attached hydrogens (tertiary/aromatic N) is 2. The minimum absolute atomic E-state index is 0.00503. The minimum atomic E-state index is -4.00. The van der Waals surface area contributed by atoms with Gasteiger partial charge in [-0.1, -0.05) is 25.0 Å².